The quantitative estimate of drug-likeness (QED) is 0.765. The van der Waals surface area contributed by atoms with Gasteiger partial charge in [-0.3, -0.25) is 0 Å². The van der Waals surface area contributed by atoms with Crippen molar-refractivity contribution in [1.29, 1.82) is 0 Å². The molecule has 2 heteroatoms. The van der Waals surface area contributed by atoms with Crippen molar-refractivity contribution in [3.8, 4) is 0 Å². The molecule has 17 heavy (non-hydrogen) atoms. The van der Waals surface area contributed by atoms with Crippen molar-refractivity contribution in [3.63, 3.8) is 0 Å². The van der Waals surface area contributed by atoms with Gasteiger partial charge in [0.2, 0.25) is 0 Å². The van der Waals surface area contributed by atoms with Crippen molar-refractivity contribution in [2.75, 3.05) is 7.05 Å². The Balaban J connectivity index is -0.000000439. The highest BCUT2D eigenvalue weighted by molar-refractivity contribution is 4.85. The molecule has 0 aliphatic carbocycles. The Morgan fingerprint density at radius 3 is 1.53 bits per heavy atom. The minimum atomic E-state index is -0.0549. The second-order valence-corrected chi connectivity index (χ2v) is 5.24. The predicted molar refractivity (Wildman–Crippen MR) is 80.8 cm³/mol. The van der Waals surface area contributed by atoms with E-state index in [2.05, 4.69) is 46.9 Å². The van der Waals surface area contributed by atoms with Gasteiger partial charge in [-0.15, -0.1) is 0 Å². The first-order chi connectivity index (χ1) is 7.68. The molecular weight excluding hydrogens is 210 g/mol. The van der Waals surface area contributed by atoms with E-state index in [0.717, 1.165) is 6.42 Å². The third-order valence-electron chi connectivity index (χ3n) is 2.10. The highest BCUT2D eigenvalue weighted by atomic mass is 16.5. The molecule has 0 aromatic rings. The van der Waals surface area contributed by atoms with Gasteiger partial charge in [0.15, 0.2) is 0 Å². The van der Waals surface area contributed by atoms with Gasteiger partial charge in [0.1, 0.15) is 0 Å². The molecule has 0 aromatic carbocycles. The summed E-state index contributed by atoms with van der Waals surface area (Å²) >= 11 is 0. The zero-order chi connectivity index (χ0) is 14.7. The fraction of sp³-hybridized carbons (Fsp3) is 1.00. The van der Waals surface area contributed by atoms with Crippen LogP contribution in [0.4, 0.5) is 0 Å². The largest absolute Gasteiger partial charge is 0.373 e. The molecule has 0 saturated heterocycles. The molecule has 0 amide bonds. The molecule has 0 saturated carbocycles. The Hall–Kier alpha value is -0.0800. The Bertz CT molecular complexity index is 151. The SMILES string of the molecule is CC.CC.CNC(C)(C)CC(C)(C)OC(C)C. The summed E-state index contributed by atoms with van der Waals surface area (Å²) in [5, 5.41) is 3.29. The highest BCUT2D eigenvalue weighted by Crippen LogP contribution is 2.24. The molecule has 108 valence electrons. The highest BCUT2D eigenvalue weighted by Gasteiger charge is 2.28. The van der Waals surface area contributed by atoms with Gasteiger partial charge in [0, 0.05) is 5.54 Å². The second-order valence-electron chi connectivity index (χ2n) is 5.24. The summed E-state index contributed by atoms with van der Waals surface area (Å²) in [5.74, 6) is 0. The number of hydrogen-bond acceptors (Lipinski definition) is 2. The van der Waals surface area contributed by atoms with Crippen LogP contribution in [0.3, 0.4) is 0 Å². The summed E-state index contributed by atoms with van der Waals surface area (Å²) in [6.45, 7) is 20.8. The number of rotatable bonds is 5. The lowest BCUT2D eigenvalue weighted by Crippen LogP contribution is -2.44. The third-order valence-corrected chi connectivity index (χ3v) is 2.10. The molecule has 0 aromatic heterocycles. The summed E-state index contributed by atoms with van der Waals surface area (Å²) < 4.78 is 5.84. The first kappa shape index (κ1) is 22.1. The normalized spacial score (nSPS) is 11.3. The van der Waals surface area contributed by atoms with E-state index < -0.39 is 0 Å². The first-order valence-corrected chi connectivity index (χ1v) is 7.05. The Morgan fingerprint density at radius 1 is 0.941 bits per heavy atom. The first-order valence-electron chi connectivity index (χ1n) is 7.05. The van der Waals surface area contributed by atoms with Crippen LogP contribution in [-0.4, -0.2) is 24.3 Å². The van der Waals surface area contributed by atoms with Crippen molar-refractivity contribution in [2.45, 2.75) is 92.9 Å². The van der Waals surface area contributed by atoms with Crippen LogP contribution in [0.5, 0.6) is 0 Å². The van der Waals surface area contributed by atoms with Gasteiger partial charge in [-0.05, 0) is 55.0 Å². The minimum absolute atomic E-state index is 0.0549. The fourth-order valence-electron chi connectivity index (χ4n) is 1.83. The van der Waals surface area contributed by atoms with E-state index in [-0.39, 0.29) is 11.1 Å². The molecule has 0 aliphatic rings. The topological polar surface area (TPSA) is 21.3 Å². The molecule has 0 rings (SSSR count). The Labute approximate surface area is 111 Å². The summed E-state index contributed by atoms with van der Waals surface area (Å²) in [5.41, 5.74) is 0.0824. The van der Waals surface area contributed by atoms with Gasteiger partial charge in [-0.2, -0.15) is 0 Å². The maximum absolute atomic E-state index is 5.84. The van der Waals surface area contributed by atoms with Gasteiger partial charge in [-0.25, -0.2) is 0 Å². The lowest BCUT2D eigenvalue weighted by molar-refractivity contribution is -0.0715. The fourth-order valence-corrected chi connectivity index (χ4v) is 1.83. The van der Waals surface area contributed by atoms with Crippen molar-refractivity contribution in [1.82, 2.24) is 5.32 Å². The van der Waals surface area contributed by atoms with E-state index in [4.69, 9.17) is 4.74 Å². The maximum atomic E-state index is 5.84. The molecule has 0 bridgehead atoms. The molecule has 2 nitrogen and oxygen atoms in total. The van der Waals surface area contributed by atoms with Crippen molar-refractivity contribution in [3.05, 3.63) is 0 Å². The van der Waals surface area contributed by atoms with Crippen LogP contribution in [0.2, 0.25) is 0 Å². The third kappa shape index (κ3) is 15.9. The minimum Gasteiger partial charge on any atom is -0.373 e. The zero-order valence-corrected chi connectivity index (χ0v) is 14.2. The number of nitrogens with one attached hydrogen (secondary N) is 1. The summed E-state index contributed by atoms with van der Waals surface area (Å²) in [7, 11) is 1.99. The second kappa shape index (κ2) is 11.0. The van der Waals surface area contributed by atoms with E-state index in [9.17, 15) is 0 Å². The monoisotopic (exact) mass is 247 g/mol. The molecule has 0 radical (unpaired) electrons. The molecule has 0 unspecified atom stereocenters. The number of hydrogen-bond donors (Lipinski definition) is 1. The van der Waals surface area contributed by atoms with Crippen LogP contribution in [0.15, 0.2) is 0 Å². The van der Waals surface area contributed by atoms with Crippen molar-refractivity contribution in [2.24, 2.45) is 0 Å². The zero-order valence-electron chi connectivity index (χ0n) is 14.2. The smallest absolute Gasteiger partial charge is 0.0647 e. The molecule has 0 fully saturated rings. The van der Waals surface area contributed by atoms with E-state index in [1.54, 1.807) is 0 Å². The van der Waals surface area contributed by atoms with Gasteiger partial charge >= 0.3 is 0 Å². The lowest BCUT2D eigenvalue weighted by atomic mass is 9.89. The van der Waals surface area contributed by atoms with Crippen LogP contribution < -0.4 is 5.32 Å². The van der Waals surface area contributed by atoms with Gasteiger partial charge < -0.3 is 10.1 Å². The molecule has 0 aliphatic heterocycles. The van der Waals surface area contributed by atoms with Gasteiger partial charge in [-0.1, -0.05) is 27.7 Å². The molecule has 1 N–H and O–H groups in total. The average molecular weight is 247 g/mol. The Kier molecular flexibility index (Phi) is 14.4. The van der Waals surface area contributed by atoms with Crippen LogP contribution in [-0.2, 0) is 4.74 Å². The molecule has 0 heterocycles. The van der Waals surface area contributed by atoms with Gasteiger partial charge in [0.05, 0.1) is 11.7 Å². The van der Waals surface area contributed by atoms with Crippen LogP contribution in [0, 0.1) is 0 Å². The summed E-state index contributed by atoms with van der Waals surface area (Å²) in [6, 6.07) is 0. The molecular formula is C15H37NO. The molecule has 0 atom stereocenters. The van der Waals surface area contributed by atoms with E-state index in [0.29, 0.717) is 6.10 Å². The number of ether oxygens (including phenoxy) is 1. The van der Waals surface area contributed by atoms with E-state index >= 15 is 0 Å². The van der Waals surface area contributed by atoms with Crippen LogP contribution in [0.25, 0.3) is 0 Å². The lowest BCUT2D eigenvalue weighted by Gasteiger charge is -2.36. The standard InChI is InChI=1S/C11H25NO.2C2H6/c1-9(2)13-11(5,6)8-10(3,4)12-7;2*1-2/h9,12H,8H2,1-7H3;2*1-2H3. The van der Waals surface area contributed by atoms with Crippen LogP contribution in [0.1, 0.15) is 75.7 Å². The van der Waals surface area contributed by atoms with Gasteiger partial charge in [0.25, 0.3) is 0 Å². The van der Waals surface area contributed by atoms with Crippen LogP contribution >= 0.6 is 0 Å². The molecule has 0 spiro atoms. The summed E-state index contributed by atoms with van der Waals surface area (Å²) in [4.78, 5) is 0. The van der Waals surface area contributed by atoms with Crippen molar-refractivity contribution < 1.29 is 4.74 Å². The Morgan fingerprint density at radius 2 is 1.29 bits per heavy atom. The summed E-state index contributed by atoms with van der Waals surface area (Å²) in [6.07, 6.45) is 1.30. The van der Waals surface area contributed by atoms with Crippen molar-refractivity contribution >= 4 is 0 Å². The predicted octanol–water partition coefficient (Wildman–Crippen LogP) is 4.63. The van der Waals surface area contributed by atoms with E-state index in [1.807, 2.05) is 34.7 Å². The maximum Gasteiger partial charge on any atom is 0.0647 e. The van der Waals surface area contributed by atoms with E-state index in [1.165, 1.54) is 0 Å². The average Bonchev–Trinajstić information content (AvgIpc) is 2.20.